The lowest BCUT2D eigenvalue weighted by Crippen LogP contribution is -2.29. The maximum Gasteiger partial charge on any atom is 0.225 e. The fourth-order valence-electron chi connectivity index (χ4n) is 3.46. The van der Waals surface area contributed by atoms with Crippen molar-refractivity contribution >= 4 is 17.3 Å². The molecule has 104 valence electrons. The van der Waals surface area contributed by atoms with E-state index in [1.807, 2.05) is 29.8 Å². The molecule has 0 spiro atoms. The zero-order valence-corrected chi connectivity index (χ0v) is 12.2. The lowest BCUT2D eigenvalue weighted by Gasteiger charge is -2.20. The number of fused-ring (bicyclic) bond motifs is 1. The van der Waals surface area contributed by atoms with Gasteiger partial charge >= 0.3 is 0 Å². The minimum absolute atomic E-state index is 0.777. The van der Waals surface area contributed by atoms with Crippen molar-refractivity contribution in [2.45, 2.75) is 6.54 Å². The zero-order valence-electron chi connectivity index (χ0n) is 11.4. The van der Waals surface area contributed by atoms with Gasteiger partial charge < -0.3 is 4.90 Å². The monoisotopic (exact) mass is 286 g/mol. The van der Waals surface area contributed by atoms with Crippen molar-refractivity contribution in [1.82, 2.24) is 14.9 Å². The van der Waals surface area contributed by atoms with Crippen molar-refractivity contribution in [3.8, 4) is 0 Å². The van der Waals surface area contributed by atoms with E-state index < -0.39 is 0 Å². The number of likely N-dealkylation sites (tertiary alicyclic amines) is 1. The summed E-state index contributed by atoms with van der Waals surface area (Å²) in [7, 11) is 0. The van der Waals surface area contributed by atoms with Gasteiger partial charge in [0, 0.05) is 50.0 Å². The van der Waals surface area contributed by atoms with Gasteiger partial charge in [-0.3, -0.25) is 4.90 Å². The molecule has 2 fully saturated rings. The molecule has 0 unspecified atom stereocenters. The molecule has 4 rings (SSSR count). The largest absolute Gasteiger partial charge is 0.340 e. The van der Waals surface area contributed by atoms with Crippen LogP contribution in [0.5, 0.6) is 0 Å². The number of aromatic nitrogens is 2. The first kappa shape index (κ1) is 12.3. The fourth-order valence-corrected chi connectivity index (χ4v) is 4.21. The number of thiophene rings is 1. The highest BCUT2D eigenvalue weighted by atomic mass is 32.1. The molecule has 0 radical (unpaired) electrons. The molecular weight excluding hydrogens is 268 g/mol. The van der Waals surface area contributed by atoms with Crippen LogP contribution in [0.1, 0.15) is 4.88 Å². The summed E-state index contributed by atoms with van der Waals surface area (Å²) in [6, 6.07) is 6.26. The summed E-state index contributed by atoms with van der Waals surface area (Å²) in [4.78, 5) is 15.2. The Hall–Kier alpha value is -1.46. The average Bonchev–Trinajstić information content (AvgIpc) is 3.16. The van der Waals surface area contributed by atoms with Crippen LogP contribution in [-0.4, -0.2) is 41.0 Å². The molecule has 2 saturated heterocycles. The summed E-state index contributed by atoms with van der Waals surface area (Å²) in [6.45, 7) is 5.76. The van der Waals surface area contributed by atoms with Gasteiger partial charge in [-0.2, -0.15) is 0 Å². The highest BCUT2D eigenvalue weighted by Gasteiger charge is 2.40. The maximum absolute atomic E-state index is 4.37. The summed E-state index contributed by atoms with van der Waals surface area (Å²) in [5.41, 5.74) is 0. The van der Waals surface area contributed by atoms with Crippen LogP contribution in [0.25, 0.3) is 0 Å². The van der Waals surface area contributed by atoms with E-state index in [1.54, 1.807) is 0 Å². The van der Waals surface area contributed by atoms with Crippen molar-refractivity contribution in [2.24, 2.45) is 11.8 Å². The van der Waals surface area contributed by atoms with E-state index in [4.69, 9.17) is 0 Å². The van der Waals surface area contributed by atoms with E-state index in [-0.39, 0.29) is 0 Å². The lowest BCUT2D eigenvalue weighted by molar-refractivity contribution is 0.311. The molecule has 0 N–H and O–H groups in total. The van der Waals surface area contributed by atoms with Gasteiger partial charge in [0.1, 0.15) is 0 Å². The second-order valence-corrected chi connectivity index (χ2v) is 6.78. The molecule has 0 saturated carbocycles. The predicted octanol–water partition coefficient (Wildman–Crippen LogP) is 2.11. The molecule has 0 bridgehead atoms. The SMILES string of the molecule is c1cnc(N2C[C@@H]3CN(Cc4cccs4)C[C@H]3C2)nc1. The number of hydrogen-bond donors (Lipinski definition) is 0. The molecule has 2 aromatic heterocycles. The molecule has 5 heteroatoms. The van der Waals surface area contributed by atoms with Gasteiger partial charge in [0.05, 0.1) is 0 Å². The summed E-state index contributed by atoms with van der Waals surface area (Å²) in [5.74, 6) is 2.45. The van der Waals surface area contributed by atoms with E-state index in [9.17, 15) is 0 Å². The Morgan fingerprint density at radius 3 is 2.45 bits per heavy atom. The Morgan fingerprint density at radius 1 is 1.05 bits per heavy atom. The van der Waals surface area contributed by atoms with Crippen LogP contribution in [-0.2, 0) is 6.54 Å². The van der Waals surface area contributed by atoms with Gasteiger partial charge in [-0.25, -0.2) is 9.97 Å². The molecule has 4 nitrogen and oxygen atoms in total. The average molecular weight is 286 g/mol. The van der Waals surface area contributed by atoms with Crippen molar-refractivity contribution in [3.63, 3.8) is 0 Å². The first-order chi connectivity index (χ1) is 9.88. The van der Waals surface area contributed by atoms with E-state index in [2.05, 4.69) is 37.3 Å². The van der Waals surface area contributed by atoms with Gasteiger partial charge in [-0.05, 0) is 29.3 Å². The van der Waals surface area contributed by atoms with Crippen molar-refractivity contribution in [2.75, 3.05) is 31.1 Å². The smallest absolute Gasteiger partial charge is 0.225 e. The molecule has 2 aliphatic rings. The maximum atomic E-state index is 4.37. The molecule has 0 aliphatic carbocycles. The molecule has 20 heavy (non-hydrogen) atoms. The lowest BCUT2D eigenvalue weighted by atomic mass is 10.0. The highest BCUT2D eigenvalue weighted by Crippen LogP contribution is 2.33. The molecule has 2 aliphatic heterocycles. The molecule has 2 aromatic rings. The van der Waals surface area contributed by atoms with Crippen LogP contribution in [0.2, 0.25) is 0 Å². The summed E-state index contributed by atoms with van der Waals surface area (Å²) in [6.07, 6.45) is 3.67. The first-order valence-corrected chi connectivity index (χ1v) is 8.03. The third-order valence-electron chi connectivity index (χ3n) is 4.36. The second-order valence-electron chi connectivity index (χ2n) is 5.75. The van der Waals surface area contributed by atoms with Gasteiger partial charge in [0.25, 0.3) is 0 Å². The third-order valence-corrected chi connectivity index (χ3v) is 5.22. The Balaban J connectivity index is 1.38. The van der Waals surface area contributed by atoms with Gasteiger partial charge in [-0.1, -0.05) is 6.07 Å². The van der Waals surface area contributed by atoms with Crippen molar-refractivity contribution in [3.05, 3.63) is 40.8 Å². The molecule has 0 aromatic carbocycles. The normalized spacial score (nSPS) is 26.1. The van der Waals surface area contributed by atoms with E-state index in [0.717, 1.165) is 37.4 Å². The third kappa shape index (κ3) is 2.31. The minimum atomic E-state index is 0.777. The quantitative estimate of drug-likeness (QED) is 0.865. The van der Waals surface area contributed by atoms with Gasteiger partial charge in [-0.15, -0.1) is 11.3 Å². The van der Waals surface area contributed by atoms with E-state index >= 15 is 0 Å². The van der Waals surface area contributed by atoms with Crippen LogP contribution in [0, 0.1) is 11.8 Å². The minimum Gasteiger partial charge on any atom is -0.340 e. The summed E-state index contributed by atoms with van der Waals surface area (Å²) < 4.78 is 0. The highest BCUT2D eigenvalue weighted by molar-refractivity contribution is 7.09. The predicted molar refractivity (Wildman–Crippen MR) is 80.8 cm³/mol. The summed E-state index contributed by atoms with van der Waals surface area (Å²) in [5, 5.41) is 2.17. The van der Waals surface area contributed by atoms with Crippen LogP contribution < -0.4 is 4.90 Å². The summed E-state index contributed by atoms with van der Waals surface area (Å²) >= 11 is 1.86. The number of anilines is 1. The number of nitrogens with zero attached hydrogens (tertiary/aromatic N) is 4. The molecular formula is C15H18N4S. The van der Waals surface area contributed by atoms with Crippen molar-refractivity contribution in [1.29, 1.82) is 0 Å². The Labute approximate surface area is 123 Å². The van der Waals surface area contributed by atoms with Gasteiger partial charge in [0.2, 0.25) is 5.95 Å². The van der Waals surface area contributed by atoms with Crippen molar-refractivity contribution < 1.29 is 0 Å². The number of hydrogen-bond acceptors (Lipinski definition) is 5. The Bertz CT molecular complexity index is 543. The van der Waals surface area contributed by atoms with Crippen LogP contribution in [0.4, 0.5) is 5.95 Å². The van der Waals surface area contributed by atoms with Crippen LogP contribution in [0.15, 0.2) is 36.0 Å². The zero-order chi connectivity index (χ0) is 13.4. The van der Waals surface area contributed by atoms with Crippen LogP contribution >= 0.6 is 11.3 Å². The number of rotatable bonds is 3. The van der Waals surface area contributed by atoms with Crippen LogP contribution in [0.3, 0.4) is 0 Å². The molecule has 4 heterocycles. The van der Waals surface area contributed by atoms with Gasteiger partial charge in [0.15, 0.2) is 0 Å². The molecule has 2 atom stereocenters. The standard InChI is InChI=1S/C15H18N4S/c1-3-14(20-6-1)11-18-7-12-9-19(10-13(12)8-18)15-16-4-2-5-17-15/h1-6,12-13H,7-11H2/t12-,13-/m0/s1. The molecule has 0 amide bonds. The van der Waals surface area contributed by atoms with E-state index in [0.29, 0.717) is 0 Å². The van der Waals surface area contributed by atoms with E-state index in [1.165, 1.54) is 18.0 Å². The Morgan fingerprint density at radius 2 is 1.80 bits per heavy atom. The fraction of sp³-hybridized carbons (Fsp3) is 0.467. The topological polar surface area (TPSA) is 32.3 Å². The Kier molecular flexibility index (Phi) is 3.16. The first-order valence-electron chi connectivity index (χ1n) is 7.15. The second kappa shape index (κ2) is 5.14.